The minimum Gasteiger partial charge on any atom is -0.474 e. The van der Waals surface area contributed by atoms with Gasteiger partial charge < -0.3 is 10.1 Å². The first-order valence-corrected chi connectivity index (χ1v) is 10.7. The van der Waals surface area contributed by atoms with Crippen molar-refractivity contribution in [2.45, 2.75) is 44.8 Å². The molecule has 1 N–H and O–H groups in total. The number of nitrogens with one attached hydrogen (secondary N) is 1. The summed E-state index contributed by atoms with van der Waals surface area (Å²) in [6.45, 7) is 2.06. The Morgan fingerprint density at radius 1 is 1.10 bits per heavy atom. The van der Waals surface area contributed by atoms with Gasteiger partial charge in [0.25, 0.3) is 0 Å². The number of fused-ring (bicyclic) bond motifs is 1. The summed E-state index contributed by atoms with van der Waals surface area (Å²) in [5.74, 6) is 1.56. The summed E-state index contributed by atoms with van der Waals surface area (Å²) < 4.78 is 10.1. The molecule has 4 aromatic heterocycles. The lowest BCUT2D eigenvalue weighted by Gasteiger charge is -2.29. The maximum absolute atomic E-state index is 6.15. The molecule has 0 radical (unpaired) electrons. The van der Waals surface area contributed by atoms with Gasteiger partial charge in [0.05, 0.1) is 17.8 Å². The highest BCUT2D eigenvalue weighted by atomic mass is 16.5. The van der Waals surface area contributed by atoms with Gasteiger partial charge in [0, 0.05) is 55.8 Å². The largest absolute Gasteiger partial charge is 0.474 e. The number of aromatic nitrogens is 6. The molecule has 4 aromatic rings. The molecule has 5 rings (SSSR count). The molecule has 0 unspecified atom stereocenters. The van der Waals surface area contributed by atoms with Gasteiger partial charge in [-0.25, -0.2) is 9.97 Å². The van der Waals surface area contributed by atoms with Crippen molar-refractivity contribution in [1.29, 1.82) is 0 Å². The van der Waals surface area contributed by atoms with Crippen molar-refractivity contribution in [1.82, 2.24) is 29.5 Å². The van der Waals surface area contributed by atoms with Crippen molar-refractivity contribution in [3.63, 3.8) is 0 Å². The lowest BCUT2D eigenvalue weighted by atomic mass is 9.93. The quantitative estimate of drug-likeness (QED) is 0.525. The molecule has 0 amide bonds. The van der Waals surface area contributed by atoms with Gasteiger partial charge in [-0.2, -0.15) is 10.2 Å². The predicted molar refractivity (Wildman–Crippen MR) is 120 cm³/mol. The van der Waals surface area contributed by atoms with Crippen LogP contribution < -0.4 is 10.1 Å². The zero-order chi connectivity index (χ0) is 21.4. The van der Waals surface area contributed by atoms with Crippen LogP contribution in [0.25, 0.3) is 22.2 Å². The standard InChI is InChI=1S/C23H27N7O/c1-15-8-9-25-22(10-15)31-18-6-4-17(5-7-18)30-20-11-21(24-2)26-13-19(20)23(28-30)16-12-27-29(3)14-16/h8-14,17-18H,4-7H2,1-3H3,(H,24,26)/t17-,18+. The Morgan fingerprint density at radius 2 is 1.94 bits per heavy atom. The van der Waals surface area contributed by atoms with E-state index in [2.05, 4.69) is 38.1 Å². The molecule has 0 aliphatic heterocycles. The fraction of sp³-hybridized carbons (Fsp3) is 0.391. The molecule has 160 valence electrons. The van der Waals surface area contributed by atoms with E-state index in [-0.39, 0.29) is 6.10 Å². The third-order valence-electron chi connectivity index (χ3n) is 5.99. The lowest BCUT2D eigenvalue weighted by Crippen LogP contribution is -2.26. The third-order valence-corrected chi connectivity index (χ3v) is 5.99. The van der Waals surface area contributed by atoms with Crippen LogP contribution in [0.4, 0.5) is 5.82 Å². The molecule has 0 saturated heterocycles. The van der Waals surface area contributed by atoms with E-state index in [0.29, 0.717) is 6.04 Å². The normalized spacial score (nSPS) is 18.9. The van der Waals surface area contributed by atoms with Crippen molar-refractivity contribution in [2.24, 2.45) is 7.05 Å². The summed E-state index contributed by atoms with van der Waals surface area (Å²) >= 11 is 0. The molecule has 1 saturated carbocycles. The summed E-state index contributed by atoms with van der Waals surface area (Å²) in [6, 6.07) is 6.40. The van der Waals surface area contributed by atoms with Crippen LogP contribution in [-0.2, 0) is 7.05 Å². The molecule has 1 fully saturated rings. The molecule has 8 nitrogen and oxygen atoms in total. The minimum absolute atomic E-state index is 0.194. The first-order valence-electron chi connectivity index (χ1n) is 10.7. The molecule has 0 spiro atoms. The van der Waals surface area contributed by atoms with Crippen molar-refractivity contribution in [3.05, 3.63) is 48.5 Å². The van der Waals surface area contributed by atoms with Gasteiger partial charge in [-0.1, -0.05) is 0 Å². The third kappa shape index (κ3) is 3.85. The molecule has 0 bridgehead atoms. The number of rotatable bonds is 5. The molecule has 4 heterocycles. The topological polar surface area (TPSA) is 82.7 Å². The smallest absolute Gasteiger partial charge is 0.213 e. The van der Waals surface area contributed by atoms with Gasteiger partial charge in [-0.05, 0) is 44.2 Å². The average Bonchev–Trinajstić information content (AvgIpc) is 3.37. The van der Waals surface area contributed by atoms with Crippen molar-refractivity contribution >= 4 is 16.7 Å². The number of aryl methyl sites for hydroxylation is 2. The molecule has 1 aliphatic carbocycles. The predicted octanol–water partition coefficient (Wildman–Crippen LogP) is 4.14. The van der Waals surface area contributed by atoms with E-state index < -0.39 is 0 Å². The van der Waals surface area contributed by atoms with E-state index in [1.165, 1.54) is 5.56 Å². The monoisotopic (exact) mass is 417 g/mol. The van der Waals surface area contributed by atoms with E-state index in [9.17, 15) is 0 Å². The minimum atomic E-state index is 0.194. The van der Waals surface area contributed by atoms with Crippen LogP contribution >= 0.6 is 0 Å². The molecule has 0 atom stereocenters. The molecule has 8 heteroatoms. The molecular weight excluding hydrogens is 390 g/mol. The Kier molecular flexibility index (Phi) is 5.05. The van der Waals surface area contributed by atoms with Crippen LogP contribution in [0.2, 0.25) is 0 Å². The average molecular weight is 418 g/mol. The summed E-state index contributed by atoms with van der Waals surface area (Å²) in [5, 5.41) is 13.6. The zero-order valence-corrected chi connectivity index (χ0v) is 18.1. The number of anilines is 1. The summed E-state index contributed by atoms with van der Waals surface area (Å²) in [6.07, 6.45) is 11.7. The van der Waals surface area contributed by atoms with Crippen LogP contribution in [0.3, 0.4) is 0 Å². The van der Waals surface area contributed by atoms with Crippen LogP contribution in [0.1, 0.15) is 37.3 Å². The summed E-state index contributed by atoms with van der Waals surface area (Å²) in [7, 11) is 3.81. The van der Waals surface area contributed by atoms with E-state index in [4.69, 9.17) is 9.84 Å². The van der Waals surface area contributed by atoms with Crippen LogP contribution in [0.15, 0.2) is 43.0 Å². The highest BCUT2D eigenvalue weighted by Gasteiger charge is 2.27. The van der Waals surface area contributed by atoms with Crippen molar-refractivity contribution in [3.8, 4) is 17.1 Å². The van der Waals surface area contributed by atoms with Crippen LogP contribution in [0.5, 0.6) is 5.88 Å². The van der Waals surface area contributed by atoms with Gasteiger partial charge in [0.2, 0.25) is 5.88 Å². The Balaban J connectivity index is 1.41. The number of pyridine rings is 2. The Bertz CT molecular complexity index is 1200. The molecule has 31 heavy (non-hydrogen) atoms. The van der Waals surface area contributed by atoms with Gasteiger partial charge in [-0.3, -0.25) is 9.36 Å². The van der Waals surface area contributed by atoms with Crippen molar-refractivity contribution < 1.29 is 4.74 Å². The van der Waals surface area contributed by atoms with Gasteiger partial charge in [-0.15, -0.1) is 0 Å². The first-order chi connectivity index (χ1) is 15.1. The van der Waals surface area contributed by atoms with E-state index in [0.717, 1.165) is 59.5 Å². The maximum Gasteiger partial charge on any atom is 0.213 e. The SMILES string of the molecule is CNc1cc2c(cn1)c(-c1cnn(C)c1)nn2[C@H]1CC[C@@H](Oc2cc(C)ccn2)CC1. The van der Waals surface area contributed by atoms with Crippen LogP contribution in [0, 0.1) is 6.92 Å². The Labute approximate surface area is 181 Å². The van der Waals surface area contributed by atoms with Gasteiger partial charge in [0.1, 0.15) is 17.6 Å². The second-order valence-corrected chi connectivity index (χ2v) is 8.25. The van der Waals surface area contributed by atoms with E-state index in [1.807, 2.05) is 44.8 Å². The number of nitrogens with zero attached hydrogens (tertiary/aromatic N) is 6. The fourth-order valence-corrected chi connectivity index (χ4v) is 4.36. The lowest BCUT2D eigenvalue weighted by molar-refractivity contribution is 0.126. The van der Waals surface area contributed by atoms with Gasteiger partial charge >= 0.3 is 0 Å². The Hall–Kier alpha value is -3.42. The second kappa shape index (κ2) is 8.02. The second-order valence-electron chi connectivity index (χ2n) is 8.25. The molecule has 0 aromatic carbocycles. The molecular formula is C23H27N7O. The van der Waals surface area contributed by atoms with E-state index >= 15 is 0 Å². The first kappa shape index (κ1) is 19.5. The highest BCUT2D eigenvalue weighted by molar-refractivity contribution is 5.93. The molecule has 1 aliphatic rings. The number of ether oxygens (including phenoxy) is 1. The summed E-state index contributed by atoms with van der Waals surface area (Å²) in [4.78, 5) is 8.87. The Morgan fingerprint density at radius 3 is 2.65 bits per heavy atom. The van der Waals surface area contributed by atoms with Crippen molar-refractivity contribution in [2.75, 3.05) is 12.4 Å². The number of hydrogen-bond donors (Lipinski definition) is 1. The van der Waals surface area contributed by atoms with Gasteiger partial charge in [0.15, 0.2) is 0 Å². The van der Waals surface area contributed by atoms with Crippen LogP contribution in [-0.4, -0.2) is 42.7 Å². The summed E-state index contributed by atoms with van der Waals surface area (Å²) in [5.41, 5.74) is 4.20. The maximum atomic E-state index is 6.15. The number of hydrogen-bond acceptors (Lipinski definition) is 6. The fourth-order valence-electron chi connectivity index (χ4n) is 4.36. The van der Waals surface area contributed by atoms with E-state index in [1.54, 1.807) is 10.9 Å². The highest BCUT2D eigenvalue weighted by Crippen LogP contribution is 2.36. The zero-order valence-electron chi connectivity index (χ0n) is 18.1.